The van der Waals surface area contributed by atoms with Gasteiger partial charge in [-0.2, -0.15) is 16.4 Å². The second-order valence-electron chi connectivity index (χ2n) is 4.39. The molecule has 2 heterocycles. The summed E-state index contributed by atoms with van der Waals surface area (Å²) in [5.41, 5.74) is 8.27. The summed E-state index contributed by atoms with van der Waals surface area (Å²) in [6.45, 7) is 0.599. The number of hydrogen-bond donors (Lipinski definition) is 2. The molecule has 1 unspecified atom stereocenters. The topological polar surface area (TPSA) is 63.9 Å². The lowest BCUT2D eigenvalue weighted by atomic mass is 10.1. The zero-order valence-electron chi connectivity index (χ0n) is 10.4. The van der Waals surface area contributed by atoms with Gasteiger partial charge in [-0.05, 0) is 34.5 Å². The minimum atomic E-state index is 0.0369. The number of ether oxygens (including phenoxy) is 1. The van der Waals surface area contributed by atoms with Crippen molar-refractivity contribution in [3.63, 3.8) is 0 Å². The van der Waals surface area contributed by atoms with Crippen LogP contribution in [0.5, 0.6) is 5.75 Å². The first-order valence-corrected chi connectivity index (χ1v) is 7.11. The molecule has 0 spiro atoms. The van der Waals surface area contributed by atoms with Crippen molar-refractivity contribution in [1.29, 1.82) is 0 Å². The number of H-pyrrole nitrogens is 1. The van der Waals surface area contributed by atoms with Crippen LogP contribution >= 0.6 is 11.3 Å². The summed E-state index contributed by atoms with van der Waals surface area (Å²) < 4.78 is 5.81. The van der Waals surface area contributed by atoms with E-state index in [4.69, 9.17) is 10.5 Å². The Labute approximate surface area is 115 Å². The molecule has 0 radical (unpaired) electrons. The van der Waals surface area contributed by atoms with Crippen molar-refractivity contribution in [2.75, 3.05) is 6.61 Å². The summed E-state index contributed by atoms with van der Waals surface area (Å²) in [5, 5.41) is 12.1. The highest BCUT2D eigenvalue weighted by atomic mass is 32.1. The fraction of sp³-hybridized carbons (Fsp3) is 0.214. The third-order valence-corrected chi connectivity index (χ3v) is 3.80. The maximum atomic E-state index is 6.10. The monoisotopic (exact) mass is 273 g/mol. The predicted octanol–water partition coefficient (Wildman–Crippen LogP) is 3.09. The Balaban J connectivity index is 1.62. The standard InChI is InChI=1S/C14H15N3OS/c15-12(10-5-7-19-9-10)4-6-18-14-3-1-2-13-11(14)8-16-17-13/h1-3,5,7-9,12H,4,6,15H2,(H,16,17). The predicted molar refractivity (Wildman–Crippen MR) is 77.5 cm³/mol. The van der Waals surface area contributed by atoms with Gasteiger partial charge in [-0.25, -0.2) is 0 Å². The molecule has 0 fully saturated rings. The van der Waals surface area contributed by atoms with E-state index in [0.717, 1.165) is 23.1 Å². The average molecular weight is 273 g/mol. The zero-order chi connectivity index (χ0) is 13.1. The van der Waals surface area contributed by atoms with E-state index in [1.807, 2.05) is 23.6 Å². The summed E-state index contributed by atoms with van der Waals surface area (Å²) in [5.74, 6) is 0.851. The van der Waals surface area contributed by atoms with E-state index >= 15 is 0 Å². The van der Waals surface area contributed by atoms with Crippen LogP contribution in [-0.4, -0.2) is 16.8 Å². The third kappa shape index (κ3) is 2.62. The molecular formula is C14H15N3OS. The van der Waals surface area contributed by atoms with Gasteiger partial charge in [-0.3, -0.25) is 5.10 Å². The summed E-state index contributed by atoms with van der Waals surface area (Å²) in [7, 11) is 0. The molecule has 0 bridgehead atoms. The van der Waals surface area contributed by atoms with E-state index in [-0.39, 0.29) is 6.04 Å². The van der Waals surface area contributed by atoms with Crippen LogP contribution in [0.2, 0.25) is 0 Å². The molecule has 0 amide bonds. The number of nitrogens with zero attached hydrogens (tertiary/aromatic N) is 1. The van der Waals surface area contributed by atoms with Crippen LogP contribution in [0.3, 0.4) is 0 Å². The summed E-state index contributed by atoms with van der Waals surface area (Å²) in [6, 6.07) is 7.98. The van der Waals surface area contributed by atoms with Gasteiger partial charge in [0.15, 0.2) is 0 Å². The number of nitrogens with two attached hydrogens (primary N) is 1. The van der Waals surface area contributed by atoms with E-state index in [1.54, 1.807) is 17.5 Å². The van der Waals surface area contributed by atoms with E-state index < -0.39 is 0 Å². The van der Waals surface area contributed by atoms with Crippen LogP contribution in [-0.2, 0) is 0 Å². The lowest BCUT2D eigenvalue weighted by molar-refractivity contribution is 0.302. The maximum Gasteiger partial charge on any atom is 0.130 e. The number of thiophene rings is 1. The Morgan fingerprint density at radius 1 is 1.37 bits per heavy atom. The van der Waals surface area contributed by atoms with E-state index in [0.29, 0.717) is 6.61 Å². The van der Waals surface area contributed by atoms with Crippen molar-refractivity contribution in [2.45, 2.75) is 12.5 Å². The Morgan fingerprint density at radius 2 is 2.32 bits per heavy atom. The molecule has 3 aromatic rings. The molecule has 98 valence electrons. The molecular weight excluding hydrogens is 258 g/mol. The average Bonchev–Trinajstić information content (AvgIpc) is 3.10. The number of hydrogen-bond acceptors (Lipinski definition) is 4. The zero-order valence-corrected chi connectivity index (χ0v) is 11.2. The van der Waals surface area contributed by atoms with Gasteiger partial charge in [-0.15, -0.1) is 0 Å². The first-order valence-electron chi connectivity index (χ1n) is 6.17. The van der Waals surface area contributed by atoms with Crippen LogP contribution in [0.15, 0.2) is 41.2 Å². The van der Waals surface area contributed by atoms with Crippen LogP contribution < -0.4 is 10.5 Å². The minimum absolute atomic E-state index is 0.0369. The molecule has 5 heteroatoms. The lowest BCUT2D eigenvalue weighted by Crippen LogP contribution is -2.13. The van der Waals surface area contributed by atoms with Gasteiger partial charge in [0.25, 0.3) is 0 Å². The van der Waals surface area contributed by atoms with Gasteiger partial charge in [0, 0.05) is 12.5 Å². The Kier molecular flexibility index (Phi) is 3.48. The number of rotatable bonds is 5. The van der Waals surface area contributed by atoms with E-state index in [9.17, 15) is 0 Å². The molecule has 0 aliphatic rings. The molecule has 2 aromatic heterocycles. The fourth-order valence-electron chi connectivity index (χ4n) is 2.02. The van der Waals surface area contributed by atoms with Gasteiger partial charge in [0.2, 0.25) is 0 Å². The van der Waals surface area contributed by atoms with Gasteiger partial charge in [0.1, 0.15) is 5.75 Å². The lowest BCUT2D eigenvalue weighted by Gasteiger charge is -2.11. The normalized spacial score (nSPS) is 12.7. The maximum absolute atomic E-state index is 6.10. The number of aromatic nitrogens is 2. The van der Waals surface area contributed by atoms with Gasteiger partial charge >= 0.3 is 0 Å². The van der Waals surface area contributed by atoms with Crippen LogP contribution in [0, 0.1) is 0 Å². The van der Waals surface area contributed by atoms with Gasteiger partial charge < -0.3 is 10.5 Å². The molecule has 0 aliphatic carbocycles. The van der Waals surface area contributed by atoms with Crippen LogP contribution in [0.4, 0.5) is 0 Å². The SMILES string of the molecule is NC(CCOc1cccc2[nH]ncc12)c1ccsc1. The van der Waals surface area contributed by atoms with E-state index in [1.165, 1.54) is 5.56 Å². The second-order valence-corrected chi connectivity index (χ2v) is 5.17. The van der Waals surface area contributed by atoms with Crippen LogP contribution in [0.25, 0.3) is 10.9 Å². The molecule has 1 atom stereocenters. The molecule has 4 nitrogen and oxygen atoms in total. The summed E-state index contributed by atoms with van der Waals surface area (Å²) in [4.78, 5) is 0. The number of aromatic amines is 1. The molecule has 3 rings (SSSR count). The van der Waals surface area contributed by atoms with Crippen molar-refractivity contribution in [2.24, 2.45) is 5.73 Å². The first kappa shape index (κ1) is 12.2. The third-order valence-electron chi connectivity index (χ3n) is 3.10. The van der Waals surface area contributed by atoms with Gasteiger partial charge in [0.05, 0.1) is 23.7 Å². The Hall–Kier alpha value is -1.85. The molecule has 19 heavy (non-hydrogen) atoms. The summed E-state index contributed by atoms with van der Waals surface area (Å²) in [6.07, 6.45) is 2.58. The van der Waals surface area contributed by atoms with Crippen LogP contribution in [0.1, 0.15) is 18.0 Å². The molecule has 0 saturated heterocycles. The highest BCUT2D eigenvalue weighted by Gasteiger charge is 2.08. The van der Waals surface area contributed by atoms with Gasteiger partial charge in [-0.1, -0.05) is 6.07 Å². The highest BCUT2D eigenvalue weighted by Crippen LogP contribution is 2.24. The number of nitrogens with one attached hydrogen (secondary N) is 1. The summed E-state index contributed by atoms with van der Waals surface area (Å²) >= 11 is 1.67. The minimum Gasteiger partial charge on any atom is -0.493 e. The molecule has 1 aromatic carbocycles. The largest absolute Gasteiger partial charge is 0.493 e. The number of benzene rings is 1. The molecule has 0 aliphatic heterocycles. The Bertz CT molecular complexity index is 648. The van der Waals surface area contributed by atoms with E-state index in [2.05, 4.69) is 21.6 Å². The first-order chi connectivity index (χ1) is 9.34. The smallest absolute Gasteiger partial charge is 0.130 e. The highest BCUT2D eigenvalue weighted by molar-refractivity contribution is 7.07. The van der Waals surface area contributed by atoms with Crippen molar-refractivity contribution in [3.05, 3.63) is 46.8 Å². The van der Waals surface area contributed by atoms with Crippen molar-refractivity contribution < 1.29 is 4.74 Å². The van der Waals surface area contributed by atoms with Crippen molar-refractivity contribution in [3.8, 4) is 5.75 Å². The second kappa shape index (κ2) is 5.42. The Morgan fingerprint density at radius 3 is 3.16 bits per heavy atom. The quantitative estimate of drug-likeness (QED) is 0.750. The number of fused-ring (bicyclic) bond motifs is 1. The van der Waals surface area contributed by atoms with Crippen molar-refractivity contribution in [1.82, 2.24) is 10.2 Å². The van der Waals surface area contributed by atoms with Crippen molar-refractivity contribution >= 4 is 22.2 Å². The molecule has 0 saturated carbocycles. The fourth-order valence-corrected chi connectivity index (χ4v) is 2.74. The molecule has 3 N–H and O–H groups in total.